The second kappa shape index (κ2) is 1.76. The Morgan fingerprint density at radius 2 is 1.33 bits per heavy atom. The largest absolute Gasteiger partial charge is 0.387 e. The molecule has 0 bridgehead atoms. The summed E-state index contributed by atoms with van der Waals surface area (Å²) in [5.41, 5.74) is -0.611. The molecule has 3 nitrogen and oxygen atoms in total. The third-order valence-electron chi connectivity index (χ3n) is 0.915. The molecule has 0 aromatic carbocycles. The molecule has 0 N–H and O–H groups in total. The molecule has 5 heteroatoms. The highest BCUT2D eigenvalue weighted by atomic mass is 16.6. The number of cyclic esters (lactones) is 2. The summed E-state index contributed by atoms with van der Waals surface area (Å²) in [7, 11) is 9.94. The number of carbonyl (C=O) groups is 2. The molecule has 4 radical (unpaired) electrons. The van der Waals surface area contributed by atoms with Crippen LogP contribution in [-0.2, 0) is 14.3 Å². The van der Waals surface area contributed by atoms with Crippen molar-refractivity contribution >= 4 is 27.6 Å². The van der Waals surface area contributed by atoms with Gasteiger partial charge < -0.3 is 4.74 Å². The third-order valence-corrected chi connectivity index (χ3v) is 0.915. The number of hydrogen-bond donors (Lipinski definition) is 0. The lowest BCUT2D eigenvalue weighted by Gasteiger charge is -1.84. The van der Waals surface area contributed by atoms with Gasteiger partial charge >= 0.3 is 11.9 Å². The minimum Gasteiger partial charge on any atom is -0.387 e. The number of carbonyl (C=O) groups excluding carboxylic acids is 2. The van der Waals surface area contributed by atoms with Crippen molar-refractivity contribution in [2.45, 2.75) is 0 Å². The predicted molar refractivity (Wildman–Crippen MR) is 29.6 cm³/mol. The van der Waals surface area contributed by atoms with E-state index in [1.165, 1.54) is 0 Å². The standard InChI is InChI=1S/C4B2O3/c5-1-2(6)4(8)9-3(1)7. The van der Waals surface area contributed by atoms with Gasteiger partial charge in [-0.25, -0.2) is 9.59 Å². The summed E-state index contributed by atoms with van der Waals surface area (Å²) in [6, 6.07) is 0. The second-order valence-electron chi connectivity index (χ2n) is 1.50. The van der Waals surface area contributed by atoms with Crippen molar-refractivity contribution in [1.82, 2.24) is 0 Å². The maximum absolute atomic E-state index is 10.3. The fourth-order valence-electron chi connectivity index (χ4n) is 0.414. The SMILES string of the molecule is [B]C1=C([B])C(=O)OC1=O. The lowest BCUT2D eigenvalue weighted by Crippen LogP contribution is -2.01. The highest BCUT2D eigenvalue weighted by Gasteiger charge is 2.24. The van der Waals surface area contributed by atoms with E-state index in [0.717, 1.165) is 0 Å². The molecule has 0 aliphatic carbocycles. The van der Waals surface area contributed by atoms with Crippen LogP contribution in [0.4, 0.5) is 0 Å². The normalized spacial score (nSPS) is 18.7. The molecule has 40 valence electrons. The Balaban J connectivity index is 3.06. The van der Waals surface area contributed by atoms with Gasteiger partial charge in [0, 0.05) is 0 Å². The highest BCUT2D eigenvalue weighted by molar-refractivity contribution is 6.51. The van der Waals surface area contributed by atoms with Crippen LogP contribution in [0.2, 0.25) is 0 Å². The predicted octanol–water partition coefficient (Wildman–Crippen LogP) is -1.38. The average Bonchev–Trinajstić information content (AvgIpc) is 1.98. The minimum absolute atomic E-state index is 0.306. The summed E-state index contributed by atoms with van der Waals surface area (Å²) in [5, 5.41) is 0. The Kier molecular flexibility index (Phi) is 1.20. The van der Waals surface area contributed by atoms with Crippen LogP contribution in [0.3, 0.4) is 0 Å². The van der Waals surface area contributed by atoms with Crippen molar-refractivity contribution in [3.05, 3.63) is 10.9 Å². The van der Waals surface area contributed by atoms with Crippen molar-refractivity contribution in [2.75, 3.05) is 0 Å². The molecule has 1 aliphatic heterocycles. The van der Waals surface area contributed by atoms with Crippen LogP contribution in [0.15, 0.2) is 10.9 Å². The summed E-state index contributed by atoms with van der Waals surface area (Å²) < 4.78 is 3.98. The fourth-order valence-corrected chi connectivity index (χ4v) is 0.414. The van der Waals surface area contributed by atoms with Gasteiger partial charge in [0.1, 0.15) is 15.7 Å². The number of esters is 2. The Morgan fingerprint density at radius 1 is 1.00 bits per heavy atom. The zero-order chi connectivity index (χ0) is 7.02. The first kappa shape index (κ1) is 6.13. The molecular weight excluding hydrogens is 118 g/mol. The van der Waals surface area contributed by atoms with Crippen LogP contribution in [0.25, 0.3) is 0 Å². The number of rotatable bonds is 0. The molecule has 0 saturated heterocycles. The van der Waals surface area contributed by atoms with Gasteiger partial charge in [-0.3, -0.25) is 0 Å². The van der Waals surface area contributed by atoms with E-state index in [-0.39, 0.29) is 10.9 Å². The smallest absolute Gasteiger partial charge is 0.331 e. The quantitative estimate of drug-likeness (QED) is 0.223. The van der Waals surface area contributed by atoms with Gasteiger partial charge in [-0.15, -0.1) is 0 Å². The van der Waals surface area contributed by atoms with Gasteiger partial charge in [-0.2, -0.15) is 0 Å². The molecular formula is C4B2O3. The van der Waals surface area contributed by atoms with Crippen molar-refractivity contribution < 1.29 is 14.3 Å². The summed E-state index contributed by atoms with van der Waals surface area (Å²) in [6.45, 7) is 0. The lowest BCUT2D eigenvalue weighted by molar-refractivity contribution is -0.150. The van der Waals surface area contributed by atoms with Gasteiger partial charge in [0.05, 0.1) is 0 Å². The van der Waals surface area contributed by atoms with Crippen LogP contribution >= 0.6 is 0 Å². The molecule has 0 unspecified atom stereocenters. The average molecular weight is 118 g/mol. The highest BCUT2D eigenvalue weighted by Crippen LogP contribution is 2.09. The van der Waals surface area contributed by atoms with E-state index in [4.69, 9.17) is 15.7 Å². The number of ether oxygens (including phenoxy) is 1. The number of hydrogen-bond acceptors (Lipinski definition) is 3. The zero-order valence-electron chi connectivity index (χ0n) is 4.38. The summed E-state index contributed by atoms with van der Waals surface area (Å²) >= 11 is 0. The van der Waals surface area contributed by atoms with Crippen LogP contribution in [0, 0.1) is 0 Å². The molecule has 0 atom stereocenters. The molecule has 1 rings (SSSR count). The first-order valence-electron chi connectivity index (χ1n) is 2.14. The maximum Gasteiger partial charge on any atom is 0.331 e. The second-order valence-corrected chi connectivity index (χ2v) is 1.50. The molecule has 0 spiro atoms. The summed E-state index contributed by atoms with van der Waals surface area (Å²) in [6.07, 6.45) is 0. The van der Waals surface area contributed by atoms with Gasteiger partial charge in [-0.05, 0) is 10.9 Å². The Morgan fingerprint density at radius 3 is 1.44 bits per heavy atom. The van der Waals surface area contributed by atoms with Gasteiger partial charge in [0.25, 0.3) is 0 Å². The van der Waals surface area contributed by atoms with E-state index in [9.17, 15) is 9.59 Å². The van der Waals surface area contributed by atoms with E-state index in [1.807, 2.05) is 0 Å². The Bertz CT molecular complexity index is 196. The third kappa shape index (κ3) is 0.781. The van der Waals surface area contributed by atoms with Crippen LogP contribution in [-0.4, -0.2) is 27.6 Å². The van der Waals surface area contributed by atoms with Crippen molar-refractivity contribution in [2.24, 2.45) is 0 Å². The Labute approximate surface area is 53.9 Å². The molecule has 9 heavy (non-hydrogen) atoms. The maximum atomic E-state index is 10.3. The van der Waals surface area contributed by atoms with Crippen molar-refractivity contribution in [3.63, 3.8) is 0 Å². The first-order valence-corrected chi connectivity index (χ1v) is 2.14. The first-order chi connectivity index (χ1) is 4.13. The van der Waals surface area contributed by atoms with Crippen molar-refractivity contribution in [3.8, 4) is 0 Å². The van der Waals surface area contributed by atoms with E-state index >= 15 is 0 Å². The molecule has 0 amide bonds. The summed E-state index contributed by atoms with van der Waals surface area (Å²) in [5.74, 6) is -1.73. The van der Waals surface area contributed by atoms with Crippen LogP contribution in [0.5, 0.6) is 0 Å². The molecule has 1 aliphatic rings. The minimum atomic E-state index is -0.863. The molecule has 0 aromatic rings. The Hall–Kier alpha value is -0.990. The van der Waals surface area contributed by atoms with Gasteiger partial charge in [0.15, 0.2) is 0 Å². The van der Waals surface area contributed by atoms with E-state index in [1.54, 1.807) is 0 Å². The van der Waals surface area contributed by atoms with Gasteiger partial charge in [0.2, 0.25) is 0 Å². The zero-order valence-corrected chi connectivity index (χ0v) is 4.38. The summed E-state index contributed by atoms with van der Waals surface area (Å²) in [4.78, 5) is 20.6. The van der Waals surface area contributed by atoms with Crippen molar-refractivity contribution in [1.29, 1.82) is 0 Å². The lowest BCUT2D eigenvalue weighted by atomic mass is 9.82. The van der Waals surface area contributed by atoms with E-state index < -0.39 is 11.9 Å². The van der Waals surface area contributed by atoms with Gasteiger partial charge in [-0.1, -0.05) is 0 Å². The molecule has 1 heterocycles. The van der Waals surface area contributed by atoms with E-state index in [0.29, 0.717) is 0 Å². The van der Waals surface area contributed by atoms with Crippen LogP contribution in [0.1, 0.15) is 0 Å². The van der Waals surface area contributed by atoms with Crippen LogP contribution < -0.4 is 0 Å². The monoisotopic (exact) mass is 118 g/mol. The van der Waals surface area contributed by atoms with E-state index in [2.05, 4.69) is 4.74 Å². The molecule has 0 aromatic heterocycles. The molecule has 0 fully saturated rings. The molecule has 0 saturated carbocycles. The topological polar surface area (TPSA) is 43.4 Å². The fraction of sp³-hybridized carbons (Fsp3) is 0.